The Morgan fingerprint density at radius 2 is 1.22 bits per heavy atom. The second-order valence-electron chi connectivity index (χ2n) is 9.85. The van der Waals surface area contributed by atoms with Crippen molar-refractivity contribution in [2.24, 2.45) is 0 Å². The van der Waals surface area contributed by atoms with E-state index in [1.54, 1.807) is 0 Å². The van der Waals surface area contributed by atoms with Crippen LogP contribution in [0.15, 0.2) is 115 Å². The van der Waals surface area contributed by atoms with Gasteiger partial charge in [-0.3, -0.25) is 8.97 Å². The highest BCUT2D eigenvalue weighted by molar-refractivity contribution is 6.08. The lowest BCUT2D eigenvalue weighted by atomic mass is 10.2. The van der Waals surface area contributed by atoms with Crippen LogP contribution < -0.4 is 0 Å². The first-order valence-electron chi connectivity index (χ1n) is 12.7. The average Bonchev–Trinajstić information content (AvgIpc) is 3.57. The molecule has 0 radical (unpaired) electrons. The molecule has 8 rings (SSSR count). The van der Waals surface area contributed by atoms with Crippen LogP contribution in [0, 0.1) is 6.92 Å². The number of hydrogen-bond acceptors (Lipinski definition) is 1. The molecule has 0 saturated heterocycles. The van der Waals surface area contributed by atoms with E-state index in [0.717, 1.165) is 34.6 Å². The van der Waals surface area contributed by atoms with E-state index in [9.17, 15) is 0 Å². The van der Waals surface area contributed by atoms with Crippen LogP contribution >= 0.6 is 0 Å². The largest absolute Gasteiger partial charge is 0.336 e. The fraction of sp³-hybridized carbons (Fsp3) is 0.0606. The van der Waals surface area contributed by atoms with E-state index in [-0.39, 0.29) is 0 Å². The molecule has 0 N–H and O–H groups in total. The van der Waals surface area contributed by atoms with Gasteiger partial charge in [0.1, 0.15) is 0 Å². The van der Waals surface area contributed by atoms with Gasteiger partial charge in [0.15, 0.2) is 0 Å². The Hall–Kier alpha value is -4.83. The van der Waals surface area contributed by atoms with Gasteiger partial charge in [-0.2, -0.15) is 0 Å². The highest BCUT2D eigenvalue weighted by Gasteiger charge is 2.17. The first kappa shape index (κ1) is 20.4. The summed E-state index contributed by atoms with van der Waals surface area (Å²) in [4.78, 5) is 5.04. The average molecular weight is 477 g/mol. The molecule has 0 amide bonds. The van der Waals surface area contributed by atoms with E-state index in [0.29, 0.717) is 0 Å². The van der Waals surface area contributed by atoms with E-state index in [2.05, 4.69) is 136 Å². The minimum atomic E-state index is 0.822. The third-order valence-corrected chi connectivity index (χ3v) is 7.57. The van der Waals surface area contributed by atoms with Gasteiger partial charge in [0.2, 0.25) is 5.78 Å². The van der Waals surface area contributed by atoms with Gasteiger partial charge in [0.25, 0.3) is 0 Å². The minimum absolute atomic E-state index is 0.822. The molecule has 4 heteroatoms. The SMILES string of the molecule is Cc1ccc2nc3n(-c4ccc(Cn5c6ccccc6c6ccccc65)cc4)c4ccccc4n3c2c1. The number of nitrogens with zero attached hydrogens (tertiary/aromatic N) is 4. The van der Waals surface area contributed by atoms with Crippen molar-refractivity contribution in [1.82, 2.24) is 18.5 Å². The molecule has 5 aromatic carbocycles. The molecule has 8 aromatic rings. The number of rotatable bonds is 3. The molecular weight excluding hydrogens is 452 g/mol. The smallest absolute Gasteiger partial charge is 0.220 e. The summed E-state index contributed by atoms with van der Waals surface area (Å²) in [6.45, 7) is 2.95. The second-order valence-corrected chi connectivity index (χ2v) is 9.85. The van der Waals surface area contributed by atoms with Crippen LogP contribution in [0.3, 0.4) is 0 Å². The summed E-state index contributed by atoms with van der Waals surface area (Å²) in [7, 11) is 0. The van der Waals surface area contributed by atoms with Gasteiger partial charge >= 0.3 is 0 Å². The Labute approximate surface area is 213 Å². The maximum atomic E-state index is 5.04. The van der Waals surface area contributed by atoms with Crippen LogP contribution in [0.4, 0.5) is 0 Å². The quantitative estimate of drug-likeness (QED) is 0.255. The van der Waals surface area contributed by atoms with Crippen molar-refractivity contribution >= 4 is 49.7 Å². The Morgan fingerprint density at radius 3 is 1.92 bits per heavy atom. The number of imidazole rings is 2. The molecule has 37 heavy (non-hydrogen) atoms. The molecule has 0 saturated carbocycles. The lowest BCUT2D eigenvalue weighted by molar-refractivity contribution is 0.868. The molecular formula is C33H24N4. The topological polar surface area (TPSA) is 27.2 Å². The minimum Gasteiger partial charge on any atom is -0.336 e. The maximum absolute atomic E-state index is 5.04. The van der Waals surface area contributed by atoms with E-state index >= 15 is 0 Å². The van der Waals surface area contributed by atoms with Crippen molar-refractivity contribution in [2.75, 3.05) is 0 Å². The second kappa shape index (κ2) is 7.58. The Kier molecular flexibility index (Phi) is 4.17. The van der Waals surface area contributed by atoms with Gasteiger partial charge in [-0.1, -0.05) is 66.7 Å². The molecule has 0 spiro atoms. The van der Waals surface area contributed by atoms with Crippen molar-refractivity contribution < 1.29 is 0 Å². The van der Waals surface area contributed by atoms with Crippen LogP contribution in [0.1, 0.15) is 11.1 Å². The van der Waals surface area contributed by atoms with Crippen LogP contribution in [-0.4, -0.2) is 18.5 Å². The fourth-order valence-corrected chi connectivity index (χ4v) is 5.87. The third-order valence-electron chi connectivity index (χ3n) is 7.57. The zero-order valence-corrected chi connectivity index (χ0v) is 20.5. The van der Waals surface area contributed by atoms with E-state index in [1.165, 1.54) is 38.4 Å². The number of hydrogen-bond donors (Lipinski definition) is 0. The van der Waals surface area contributed by atoms with Crippen molar-refractivity contribution in [3.8, 4) is 5.69 Å². The Bertz CT molecular complexity index is 2070. The predicted octanol–water partition coefficient (Wildman–Crippen LogP) is 7.90. The molecule has 0 atom stereocenters. The number of para-hydroxylation sites is 4. The van der Waals surface area contributed by atoms with Gasteiger partial charge in [0, 0.05) is 34.0 Å². The van der Waals surface area contributed by atoms with E-state index in [4.69, 9.17) is 4.98 Å². The van der Waals surface area contributed by atoms with Gasteiger partial charge in [-0.25, -0.2) is 4.98 Å². The first-order chi connectivity index (χ1) is 18.3. The molecule has 0 aliphatic heterocycles. The van der Waals surface area contributed by atoms with Crippen LogP contribution in [0.25, 0.3) is 55.3 Å². The Balaban J connectivity index is 1.28. The summed E-state index contributed by atoms with van der Waals surface area (Å²) in [6, 6.07) is 41.3. The zero-order valence-electron chi connectivity index (χ0n) is 20.5. The standard InChI is InChI=1S/C33H24N4/c1-22-14-19-27-32(20-22)37-31-13-7-6-12-30(31)36(33(37)34-27)24-17-15-23(16-18-24)21-35-28-10-4-2-8-25(28)26-9-3-5-11-29(26)35/h2-20H,21H2,1H3. The van der Waals surface area contributed by atoms with Gasteiger partial charge in [-0.15, -0.1) is 0 Å². The van der Waals surface area contributed by atoms with Crippen molar-refractivity contribution in [3.63, 3.8) is 0 Å². The van der Waals surface area contributed by atoms with Crippen LogP contribution in [0.2, 0.25) is 0 Å². The molecule has 4 nitrogen and oxygen atoms in total. The molecule has 0 bridgehead atoms. The van der Waals surface area contributed by atoms with E-state index < -0.39 is 0 Å². The Morgan fingerprint density at radius 1 is 0.595 bits per heavy atom. The fourth-order valence-electron chi connectivity index (χ4n) is 5.87. The molecule has 0 unspecified atom stereocenters. The maximum Gasteiger partial charge on any atom is 0.220 e. The molecule has 176 valence electrons. The molecule has 3 heterocycles. The predicted molar refractivity (Wildman–Crippen MR) is 153 cm³/mol. The molecule has 3 aromatic heterocycles. The van der Waals surface area contributed by atoms with Crippen molar-refractivity contribution in [1.29, 1.82) is 0 Å². The number of aryl methyl sites for hydroxylation is 1. The summed E-state index contributed by atoms with van der Waals surface area (Å²) >= 11 is 0. The summed E-state index contributed by atoms with van der Waals surface area (Å²) in [5, 5.41) is 2.61. The number of fused-ring (bicyclic) bond motifs is 8. The molecule has 0 aliphatic carbocycles. The summed E-state index contributed by atoms with van der Waals surface area (Å²) in [5.74, 6) is 0.942. The van der Waals surface area contributed by atoms with Gasteiger partial charge < -0.3 is 4.57 Å². The zero-order chi connectivity index (χ0) is 24.5. The highest BCUT2D eigenvalue weighted by atomic mass is 15.2. The normalized spacial score (nSPS) is 12.0. The van der Waals surface area contributed by atoms with Gasteiger partial charge in [-0.05, 0) is 66.6 Å². The summed E-state index contributed by atoms with van der Waals surface area (Å²) in [6.07, 6.45) is 0. The molecule has 0 fully saturated rings. The monoisotopic (exact) mass is 476 g/mol. The lowest BCUT2D eigenvalue weighted by Crippen LogP contribution is -2.00. The summed E-state index contributed by atoms with van der Waals surface area (Å²) < 4.78 is 6.98. The van der Waals surface area contributed by atoms with Gasteiger partial charge in [0.05, 0.1) is 22.1 Å². The number of aromatic nitrogens is 4. The third kappa shape index (κ3) is 2.93. The lowest BCUT2D eigenvalue weighted by Gasteiger charge is -2.10. The van der Waals surface area contributed by atoms with E-state index in [1.807, 2.05) is 0 Å². The number of benzene rings is 5. The molecule has 0 aliphatic rings. The first-order valence-corrected chi connectivity index (χ1v) is 12.7. The van der Waals surface area contributed by atoms with Crippen molar-refractivity contribution in [3.05, 3.63) is 126 Å². The van der Waals surface area contributed by atoms with Crippen LogP contribution in [0.5, 0.6) is 0 Å². The van der Waals surface area contributed by atoms with Crippen molar-refractivity contribution in [2.45, 2.75) is 13.5 Å². The van der Waals surface area contributed by atoms with Crippen LogP contribution in [-0.2, 0) is 6.54 Å². The summed E-state index contributed by atoms with van der Waals surface area (Å²) in [5.41, 5.74) is 10.6. The highest BCUT2D eigenvalue weighted by Crippen LogP contribution is 2.31.